The van der Waals surface area contributed by atoms with Crippen LogP contribution in [0, 0.1) is 5.82 Å². The van der Waals surface area contributed by atoms with E-state index in [4.69, 9.17) is 10.5 Å². The van der Waals surface area contributed by atoms with Crippen LogP contribution in [-0.2, 0) is 14.3 Å². The van der Waals surface area contributed by atoms with Crippen LogP contribution in [0.2, 0.25) is 0 Å². The van der Waals surface area contributed by atoms with Gasteiger partial charge in [-0.1, -0.05) is 24.3 Å². The molecule has 3 rings (SSSR count). The third kappa shape index (κ3) is 5.58. The van der Waals surface area contributed by atoms with Crippen molar-refractivity contribution in [2.75, 3.05) is 24.5 Å². The first kappa shape index (κ1) is 22.2. The van der Waals surface area contributed by atoms with Gasteiger partial charge in [0.1, 0.15) is 11.9 Å². The van der Waals surface area contributed by atoms with Gasteiger partial charge in [0.2, 0.25) is 11.8 Å². The molecule has 4 N–H and O–H groups in total. The van der Waals surface area contributed by atoms with Crippen molar-refractivity contribution in [1.29, 1.82) is 0 Å². The van der Waals surface area contributed by atoms with E-state index in [9.17, 15) is 18.8 Å². The zero-order chi connectivity index (χ0) is 22.5. The molecule has 1 heterocycles. The first-order chi connectivity index (χ1) is 14.7. The summed E-state index contributed by atoms with van der Waals surface area (Å²) in [7, 11) is 0. The highest BCUT2D eigenvalue weighted by Crippen LogP contribution is 2.29. The Bertz CT molecular complexity index is 980. The predicted octanol–water partition coefficient (Wildman–Crippen LogP) is 2.09. The van der Waals surface area contributed by atoms with Gasteiger partial charge >= 0.3 is 6.09 Å². The maximum Gasteiger partial charge on any atom is 0.414 e. The van der Waals surface area contributed by atoms with Gasteiger partial charge in [0.25, 0.3) is 0 Å². The fraction of sp³-hybridized carbons (Fsp3) is 0.318. The molecule has 2 atom stereocenters. The summed E-state index contributed by atoms with van der Waals surface area (Å²) < 4.78 is 20.1. The topological polar surface area (TPSA) is 114 Å². The van der Waals surface area contributed by atoms with Gasteiger partial charge in [-0.2, -0.15) is 0 Å². The highest BCUT2D eigenvalue weighted by Gasteiger charge is 2.32. The molecule has 0 aromatic heterocycles. The normalized spacial score (nSPS) is 16.7. The number of cyclic esters (lactones) is 1. The average molecular weight is 428 g/mol. The number of hydrogen-bond acceptors (Lipinski definition) is 5. The number of amides is 3. The van der Waals surface area contributed by atoms with Crippen LogP contribution in [0.25, 0.3) is 11.1 Å². The molecule has 0 radical (unpaired) electrons. The van der Waals surface area contributed by atoms with Crippen LogP contribution in [0.3, 0.4) is 0 Å². The van der Waals surface area contributed by atoms with Crippen molar-refractivity contribution in [3.8, 4) is 11.1 Å². The van der Waals surface area contributed by atoms with E-state index in [1.165, 1.54) is 17.9 Å². The van der Waals surface area contributed by atoms with E-state index in [1.54, 1.807) is 24.3 Å². The van der Waals surface area contributed by atoms with E-state index in [0.717, 1.165) is 5.56 Å². The minimum absolute atomic E-state index is 0.0730. The van der Waals surface area contributed by atoms with Gasteiger partial charge in [0.05, 0.1) is 25.3 Å². The Hall–Kier alpha value is -3.46. The number of carbonyl (C=O) groups excluding carboxylic acids is 3. The van der Waals surface area contributed by atoms with Gasteiger partial charge in [0, 0.05) is 18.5 Å². The van der Waals surface area contributed by atoms with Crippen LogP contribution in [0.1, 0.15) is 25.5 Å². The number of hydrogen-bond donors (Lipinski definition) is 3. The van der Waals surface area contributed by atoms with E-state index in [0.29, 0.717) is 16.8 Å². The standard InChI is InChI=1S/C22H25FN4O4/c1-13(25-11-21(24)29)15-3-5-16(6-4-15)19-8-7-17(9-20(19)23)27-12-18(31-22(27)30)10-26-14(2)28/h3-9,13,18,25H,10-12H2,1-2H3,(H2,24,29)(H,26,28). The van der Waals surface area contributed by atoms with Crippen LogP contribution in [0.15, 0.2) is 42.5 Å². The molecule has 2 unspecified atom stereocenters. The minimum atomic E-state index is -0.579. The van der Waals surface area contributed by atoms with Gasteiger partial charge in [-0.3, -0.25) is 14.5 Å². The monoisotopic (exact) mass is 428 g/mol. The van der Waals surface area contributed by atoms with Crippen molar-refractivity contribution in [1.82, 2.24) is 10.6 Å². The number of carbonyl (C=O) groups is 3. The van der Waals surface area contributed by atoms with Crippen LogP contribution >= 0.6 is 0 Å². The SMILES string of the molecule is CC(=O)NCC1CN(c2ccc(-c3ccc(C(C)NCC(N)=O)cc3)c(F)c2)C(=O)O1. The molecule has 2 aromatic carbocycles. The Kier molecular flexibility index (Phi) is 6.86. The summed E-state index contributed by atoms with van der Waals surface area (Å²) in [5.74, 6) is -1.12. The number of halogens is 1. The lowest BCUT2D eigenvalue weighted by atomic mass is 10.0. The Balaban J connectivity index is 1.70. The third-order valence-electron chi connectivity index (χ3n) is 5.02. The van der Waals surface area contributed by atoms with Crippen LogP contribution < -0.4 is 21.3 Å². The maximum atomic E-state index is 14.8. The van der Waals surface area contributed by atoms with Gasteiger partial charge in [-0.25, -0.2) is 9.18 Å². The molecule has 1 aliphatic heterocycles. The van der Waals surface area contributed by atoms with Gasteiger partial charge in [0.15, 0.2) is 0 Å². The van der Waals surface area contributed by atoms with Gasteiger partial charge in [-0.15, -0.1) is 0 Å². The van der Waals surface area contributed by atoms with E-state index < -0.39 is 23.9 Å². The molecular formula is C22H25FN4O4. The summed E-state index contributed by atoms with van der Waals surface area (Å²) >= 11 is 0. The largest absolute Gasteiger partial charge is 0.442 e. The van der Waals surface area contributed by atoms with E-state index >= 15 is 0 Å². The average Bonchev–Trinajstić information content (AvgIpc) is 3.11. The van der Waals surface area contributed by atoms with E-state index in [-0.39, 0.29) is 31.6 Å². The Labute approximate surface area is 179 Å². The zero-order valence-electron chi connectivity index (χ0n) is 17.4. The van der Waals surface area contributed by atoms with Crippen molar-refractivity contribution in [3.63, 3.8) is 0 Å². The summed E-state index contributed by atoms with van der Waals surface area (Å²) in [6.07, 6.45) is -1.07. The molecule has 0 saturated carbocycles. The number of ether oxygens (including phenoxy) is 1. The molecule has 9 heteroatoms. The number of rotatable bonds is 8. The smallest absolute Gasteiger partial charge is 0.414 e. The highest BCUT2D eigenvalue weighted by atomic mass is 19.1. The van der Waals surface area contributed by atoms with Crippen LogP contribution in [-0.4, -0.2) is 43.6 Å². The number of nitrogens with zero attached hydrogens (tertiary/aromatic N) is 1. The number of nitrogens with one attached hydrogen (secondary N) is 2. The lowest BCUT2D eigenvalue weighted by Crippen LogP contribution is -2.33. The van der Waals surface area contributed by atoms with Crippen molar-refractivity contribution in [2.45, 2.75) is 26.0 Å². The molecule has 1 aliphatic rings. The molecule has 164 valence electrons. The number of primary amides is 1. The molecule has 2 aromatic rings. The van der Waals surface area contributed by atoms with Crippen molar-refractivity contribution in [2.24, 2.45) is 5.73 Å². The zero-order valence-corrected chi connectivity index (χ0v) is 17.4. The van der Waals surface area contributed by atoms with Crippen LogP contribution in [0.4, 0.5) is 14.9 Å². The van der Waals surface area contributed by atoms with Crippen LogP contribution in [0.5, 0.6) is 0 Å². The number of benzene rings is 2. The third-order valence-corrected chi connectivity index (χ3v) is 5.02. The fourth-order valence-electron chi connectivity index (χ4n) is 3.33. The van der Waals surface area contributed by atoms with Crippen molar-refractivity contribution < 1.29 is 23.5 Å². The molecule has 0 aliphatic carbocycles. The highest BCUT2D eigenvalue weighted by molar-refractivity contribution is 5.90. The second-order valence-corrected chi connectivity index (χ2v) is 7.41. The van der Waals surface area contributed by atoms with Crippen molar-refractivity contribution >= 4 is 23.6 Å². The van der Waals surface area contributed by atoms with Crippen molar-refractivity contribution in [3.05, 3.63) is 53.8 Å². The molecular weight excluding hydrogens is 403 g/mol. The molecule has 1 saturated heterocycles. The Morgan fingerprint density at radius 1 is 1.26 bits per heavy atom. The second kappa shape index (κ2) is 9.57. The summed E-state index contributed by atoms with van der Waals surface area (Å²) in [6.45, 7) is 3.79. The van der Waals surface area contributed by atoms with Gasteiger partial charge in [-0.05, 0) is 36.2 Å². The minimum Gasteiger partial charge on any atom is -0.442 e. The quantitative estimate of drug-likeness (QED) is 0.596. The fourth-order valence-corrected chi connectivity index (χ4v) is 3.33. The second-order valence-electron chi connectivity index (χ2n) is 7.41. The molecule has 1 fully saturated rings. The molecule has 0 bridgehead atoms. The molecule has 8 nitrogen and oxygen atoms in total. The molecule has 0 spiro atoms. The summed E-state index contributed by atoms with van der Waals surface area (Å²) in [6, 6.07) is 11.8. The summed E-state index contributed by atoms with van der Waals surface area (Å²) in [4.78, 5) is 35.4. The maximum absolute atomic E-state index is 14.8. The molecule has 31 heavy (non-hydrogen) atoms. The first-order valence-corrected chi connectivity index (χ1v) is 9.88. The summed E-state index contributed by atoms with van der Waals surface area (Å²) in [5.41, 5.74) is 7.55. The van der Waals surface area contributed by atoms with E-state index in [1.807, 2.05) is 19.1 Å². The molecule has 3 amide bonds. The lowest BCUT2D eigenvalue weighted by Gasteiger charge is -2.16. The number of anilines is 1. The Morgan fingerprint density at radius 3 is 2.58 bits per heavy atom. The Morgan fingerprint density at radius 2 is 1.97 bits per heavy atom. The first-order valence-electron chi connectivity index (χ1n) is 9.88. The number of nitrogens with two attached hydrogens (primary N) is 1. The van der Waals surface area contributed by atoms with E-state index in [2.05, 4.69) is 10.6 Å². The predicted molar refractivity (Wildman–Crippen MR) is 114 cm³/mol. The lowest BCUT2D eigenvalue weighted by molar-refractivity contribution is -0.119. The summed E-state index contributed by atoms with van der Waals surface area (Å²) in [5, 5.41) is 5.61. The van der Waals surface area contributed by atoms with Gasteiger partial charge < -0.3 is 21.1 Å².